The van der Waals surface area contributed by atoms with E-state index in [9.17, 15) is 18.0 Å². The van der Waals surface area contributed by atoms with E-state index in [0.29, 0.717) is 36.8 Å². The third-order valence-corrected chi connectivity index (χ3v) is 14.1. The molecule has 6 atom stereocenters. The summed E-state index contributed by atoms with van der Waals surface area (Å²) in [6, 6.07) is 11.5. The average molecular weight is 668 g/mol. The van der Waals surface area contributed by atoms with Gasteiger partial charge >= 0.3 is 0 Å². The van der Waals surface area contributed by atoms with Gasteiger partial charge in [-0.2, -0.15) is 0 Å². The second-order valence-corrected chi connectivity index (χ2v) is 17.1. The zero-order chi connectivity index (χ0) is 32.2. The van der Waals surface area contributed by atoms with Gasteiger partial charge in [0.15, 0.2) is 0 Å². The van der Waals surface area contributed by atoms with E-state index in [1.807, 2.05) is 24.0 Å². The van der Waals surface area contributed by atoms with Gasteiger partial charge in [0, 0.05) is 48.1 Å². The Hall–Kier alpha value is -2.78. The van der Waals surface area contributed by atoms with Gasteiger partial charge in [-0.3, -0.25) is 9.59 Å². The summed E-state index contributed by atoms with van der Waals surface area (Å²) in [6.07, 6.45) is 8.37. The first-order chi connectivity index (χ1) is 22.0. The van der Waals surface area contributed by atoms with Crippen molar-refractivity contribution in [3.63, 3.8) is 0 Å². The van der Waals surface area contributed by atoms with Gasteiger partial charge in [-0.1, -0.05) is 31.0 Å². The van der Waals surface area contributed by atoms with Gasteiger partial charge in [-0.15, -0.1) is 0 Å². The molecule has 5 aliphatic rings. The molecule has 1 spiro atoms. The van der Waals surface area contributed by atoms with Crippen LogP contribution in [-0.4, -0.2) is 63.2 Å². The number of fused-ring (bicyclic) bond motifs is 4. The lowest BCUT2D eigenvalue weighted by Crippen LogP contribution is -2.52. The first kappa shape index (κ1) is 31.8. The van der Waals surface area contributed by atoms with Gasteiger partial charge in [0.05, 0.1) is 17.5 Å². The highest BCUT2D eigenvalue weighted by atomic mass is 35.5. The van der Waals surface area contributed by atoms with Gasteiger partial charge in [-0.05, 0) is 118 Å². The Labute approximate surface area is 278 Å². The number of hydrogen-bond acceptors (Lipinski definition) is 6. The molecule has 248 valence electrons. The number of amides is 2. The van der Waals surface area contributed by atoms with Gasteiger partial charge in [0.2, 0.25) is 15.9 Å². The van der Waals surface area contributed by atoms with Gasteiger partial charge < -0.3 is 14.5 Å². The molecule has 2 aromatic carbocycles. The fraction of sp³-hybridized carbons (Fsp3) is 0.611. The number of halogens is 1. The van der Waals surface area contributed by atoms with Crippen LogP contribution in [-0.2, 0) is 26.7 Å². The largest absolute Gasteiger partial charge is 0.490 e. The molecule has 1 N–H and O–H groups in total. The van der Waals surface area contributed by atoms with E-state index >= 15 is 0 Å². The molecule has 2 aromatic rings. The van der Waals surface area contributed by atoms with Crippen LogP contribution in [0.4, 0.5) is 5.69 Å². The van der Waals surface area contributed by atoms with Crippen LogP contribution >= 0.6 is 11.6 Å². The van der Waals surface area contributed by atoms with Crippen LogP contribution in [0.5, 0.6) is 5.75 Å². The molecule has 46 heavy (non-hydrogen) atoms. The van der Waals surface area contributed by atoms with Crippen molar-refractivity contribution in [2.75, 3.05) is 37.7 Å². The van der Waals surface area contributed by atoms with Crippen molar-refractivity contribution in [3.05, 3.63) is 58.1 Å². The van der Waals surface area contributed by atoms with Crippen molar-refractivity contribution in [1.29, 1.82) is 0 Å². The fourth-order valence-electron chi connectivity index (χ4n) is 8.66. The molecule has 3 heterocycles. The molecule has 2 aliphatic carbocycles. The number of aryl methyl sites for hydroxylation is 1. The minimum absolute atomic E-state index is 0.0497. The van der Waals surface area contributed by atoms with Crippen molar-refractivity contribution in [2.45, 2.75) is 82.3 Å². The van der Waals surface area contributed by atoms with Crippen LogP contribution in [0.25, 0.3) is 0 Å². The SMILES string of the molecule is C[C@@H]1[C@@H](C)CCC[C@@H](C(=O)N2CCC2)[C@@H]2CC[C@H]2CN2C[C@@]3(CCCc4cc(Cl)ccc43)COc3ccc(cc32)C(=O)NS1(=O)=O. The molecule has 8 nitrogen and oxygen atoms in total. The summed E-state index contributed by atoms with van der Waals surface area (Å²) in [5.41, 5.74) is 3.38. The molecule has 10 heteroatoms. The first-order valence-electron chi connectivity index (χ1n) is 17.2. The molecule has 1 saturated heterocycles. The van der Waals surface area contributed by atoms with E-state index < -0.39 is 21.2 Å². The molecule has 2 amide bonds. The average Bonchev–Trinajstić information content (AvgIpc) is 3.13. The van der Waals surface area contributed by atoms with Gasteiger partial charge in [-0.25, -0.2) is 13.1 Å². The summed E-state index contributed by atoms with van der Waals surface area (Å²) >= 11 is 6.44. The molecule has 1 saturated carbocycles. The fourth-order valence-corrected chi connectivity index (χ4v) is 10.2. The Morgan fingerprint density at radius 3 is 2.59 bits per heavy atom. The number of sulfonamides is 1. The van der Waals surface area contributed by atoms with E-state index in [0.717, 1.165) is 81.7 Å². The van der Waals surface area contributed by atoms with Crippen LogP contribution < -0.4 is 14.4 Å². The number of nitrogens with one attached hydrogen (secondary N) is 1. The maximum absolute atomic E-state index is 13.9. The van der Waals surface area contributed by atoms with E-state index in [2.05, 4.69) is 21.8 Å². The molecule has 2 bridgehead atoms. The van der Waals surface area contributed by atoms with Crippen molar-refractivity contribution >= 4 is 39.1 Å². The van der Waals surface area contributed by atoms with Crippen LogP contribution in [0.15, 0.2) is 36.4 Å². The van der Waals surface area contributed by atoms with E-state index in [4.69, 9.17) is 16.3 Å². The highest BCUT2D eigenvalue weighted by Gasteiger charge is 2.46. The highest BCUT2D eigenvalue weighted by Crippen LogP contribution is 2.48. The third-order valence-electron chi connectivity index (χ3n) is 11.9. The molecule has 0 unspecified atom stereocenters. The highest BCUT2D eigenvalue weighted by molar-refractivity contribution is 7.90. The minimum atomic E-state index is -3.91. The van der Waals surface area contributed by atoms with Crippen molar-refractivity contribution < 1.29 is 22.7 Å². The van der Waals surface area contributed by atoms with Gasteiger partial charge in [0.25, 0.3) is 5.91 Å². The maximum Gasteiger partial charge on any atom is 0.264 e. The lowest BCUT2D eigenvalue weighted by atomic mass is 9.64. The molecular weight excluding hydrogens is 622 g/mol. The second-order valence-electron chi connectivity index (χ2n) is 14.7. The summed E-state index contributed by atoms with van der Waals surface area (Å²) in [6.45, 7) is 7.25. The van der Waals surface area contributed by atoms with E-state index in [1.54, 1.807) is 19.1 Å². The number of benzene rings is 2. The summed E-state index contributed by atoms with van der Waals surface area (Å²) in [7, 11) is -3.91. The van der Waals surface area contributed by atoms with Crippen molar-refractivity contribution in [3.8, 4) is 5.75 Å². The van der Waals surface area contributed by atoms with Crippen LogP contribution in [0.3, 0.4) is 0 Å². The Morgan fingerprint density at radius 1 is 1.02 bits per heavy atom. The summed E-state index contributed by atoms with van der Waals surface area (Å²) < 4.78 is 35.7. The standard InChI is InChI=1S/C36H46ClN3O5S/c1-23-6-3-8-30(35(42)39-16-5-17-39)29-12-9-27(29)20-40-21-36(15-4-7-25-18-28(37)11-13-31(25)36)22-45-33-14-10-26(19-32(33)40)34(41)38-46(43,44)24(23)2/h10-11,13-14,18-19,23-24,27,29-30H,3-9,12,15-17,20-22H2,1-2H3,(H,38,41)/t23-,24+,27-,29+,30+,36-/m0/s1. The quantitative estimate of drug-likeness (QED) is 0.404. The Balaban J connectivity index is 1.29. The Morgan fingerprint density at radius 2 is 1.85 bits per heavy atom. The molecule has 0 radical (unpaired) electrons. The van der Waals surface area contributed by atoms with Crippen LogP contribution in [0.2, 0.25) is 5.02 Å². The molecule has 2 fully saturated rings. The van der Waals surface area contributed by atoms with Crippen molar-refractivity contribution in [1.82, 2.24) is 9.62 Å². The molecular formula is C36H46ClN3O5S. The Bertz CT molecular complexity index is 1630. The Kier molecular flexibility index (Phi) is 8.54. The normalized spacial score (nSPS) is 32.5. The number of rotatable bonds is 1. The number of carbonyl (C=O) groups is 2. The summed E-state index contributed by atoms with van der Waals surface area (Å²) in [5, 5.41) is -0.00564. The van der Waals surface area contributed by atoms with Crippen LogP contribution in [0.1, 0.15) is 86.7 Å². The smallest absolute Gasteiger partial charge is 0.264 e. The lowest BCUT2D eigenvalue weighted by Gasteiger charge is -2.47. The lowest BCUT2D eigenvalue weighted by molar-refractivity contribution is -0.144. The minimum Gasteiger partial charge on any atom is -0.490 e. The summed E-state index contributed by atoms with van der Waals surface area (Å²) in [5.74, 6) is 0.774. The molecule has 7 rings (SSSR count). The topological polar surface area (TPSA) is 96.0 Å². The molecule has 0 aromatic heterocycles. The number of likely N-dealkylation sites (tertiary alicyclic amines) is 1. The van der Waals surface area contributed by atoms with Crippen molar-refractivity contribution in [2.24, 2.45) is 23.7 Å². The monoisotopic (exact) mass is 667 g/mol. The second kappa shape index (κ2) is 12.3. The number of hydrogen-bond donors (Lipinski definition) is 1. The first-order valence-corrected chi connectivity index (χ1v) is 19.1. The predicted octanol–water partition coefficient (Wildman–Crippen LogP) is 5.96. The van der Waals surface area contributed by atoms with E-state index in [-0.39, 0.29) is 29.1 Å². The zero-order valence-electron chi connectivity index (χ0n) is 27.0. The van der Waals surface area contributed by atoms with Crippen LogP contribution in [0, 0.1) is 23.7 Å². The van der Waals surface area contributed by atoms with E-state index in [1.165, 1.54) is 11.1 Å². The predicted molar refractivity (Wildman–Crippen MR) is 180 cm³/mol. The number of ether oxygens (including phenoxy) is 1. The number of anilines is 1. The third kappa shape index (κ3) is 5.80. The zero-order valence-corrected chi connectivity index (χ0v) is 28.5. The summed E-state index contributed by atoms with van der Waals surface area (Å²) in [4.78, 5) is 31.7. The maximum atomic E-state index is 13.9. The molecule has 3 aliphatic heterocycles. The number of carbonyl (C=O) groups excluding carboxylic acids is 2. The number of nitrogens with zero attached hydrogens (tertiary/aromatic N) is 2. The van der Waals surface area contributed by atoms with Gasteiger partial charge in [0.1, 0.15) is 5.75 Å².